The van der Waals surface area contributed by atoms with Gasteiger partial charge in [-0.05, 0) is 23.8 Å². The molecule has 0 aromatic heterocycles. The topological polar surface area (TPSA) is 116 Å². The highest BCUT2D eigenvalue weighted by molar-refractivity contribution is 7.92. The first kappa shape index (κ1) is 22.7. The van der Waals surface area contributed by atoms with Gasteiger partial charge in [-0.2, -0.15) is 5.10 Å². The van der Waals surface area contributed by atoms with Crippen molar-refractivity contribution in [2.45, 2.75) is 6.54 Å². The lowest BCUT2D eigenvalue weighted by Gasteiger charge is -2.24. The molecule has 3 aromatic carbocycles. The number of nitrogens with one attached hydrogen (secondary N) is 1. The molecule has 0 bridgehead atoms. The fourth-order valence-electron chi connectivity index (χ4n) is 3.04. The third-order valence-corrected chi connectivity index (χ3v) is 5.67. The van der Waals surface area contributed by atoms with Crippen molar-refractivity contribution in [3.8, 4) is 0 Å². The molecule has 32 heavy (non-hydrogen) atoms. The number of carbonyl (C=O) groups is 2. The van der Waals surface area contributed by atoms with E-state index in [0.717, 1.165) is 16.1 Å². The molecule has 0 aliphatic heterocycles. The Bertz CT molecular complexity index is 1260. The number of aromatic carboxylic acids is 1. The molecule has 0 heterocycles. The van der Waals surface area contributed by atoms with E-state index in [1.807, 2.05) is 6.07 Å². The van der Waals surface area contributed by atoms with Crippen molar-refractivity contribution in [2.75, 3.05) is 10.6 Å². The van der Waals surface area contributed by atoms with Crippen molar-refractivity contribution in [1.82, 2.24) is 5.43 Å². The summed E-state index contributed by atoms with van der Waals surface area (Å²) >= 11 is 0. The molecule has 0 atom stereocenters. The molecule has 3 rings (SSSR count). The maximum atomic E-state index is 12.8. The number of anilines is 1. The van der Waals surface area contributed by atoms with Gasteiger partial charge in [0.15, 0.2) is 0 Å². The molecule has 0 radical (unpaired) electrons. The van der Waals surface area contributed by atoms with Crippen LogP contribution in [0.2, 0.25) is 0 Å². The van der Waals surface area contributed by atoms with E-state index in [-0.39, 0.29) is 23.4 Å². The number of hydrogen-bond acceptors (Lipinski definition) is 5. The molecule has 0 spiro atoms. The average Bonchev–Trinajstić information content (AvgIpc) is 2.77. The smallest absolute Gasteiger partial charge is 0.336 e. The quantitative estimate of drug-likeness (QED) is 0.403. The van der Waals surface area contributed by atoms with E-state index in [9.17, 15) is 23.1 Å². The number of para-hydroxylation sites is 1. The van der Waals surface area contributed by atoms with Gasteiger partial charge in [0.1, 0.15) is 0 Å². The molecular weight excluding hydrogens is 430 g/mol. The Labute approximate surface area is 185 Å². The van der Waals surface area contributed by atoms with Crippen molar-refractivity contribution in [1.29, 1.82) is 0 Å². The molecule has 2 N–H and O–H groups in total. The van der Waals surface area contributed by atoms with E-state index in [1.165, 1.54) is 18.3 Å². The highest BCUT2D eigenvalue weighted by atomic mass is 32.2. The molecular formula is C23H21N3O5S. The molecule has 1 amide bonds. The number of hydrogen-bond donors (Lipinski definition) is 2. The highest BCUT2D eigenvalue weighted by Gasteiger charge is 2.23. The van der Waals surface area contributed by atoms with Crippen LogP contribution in [0.5, 0.6) is 0 Å². The van der Waals surface area contributed by atoms with Crippen molar-refractivity contribution >= 4 is 33.8 Å². The summed E-state index contributed by atoms with van der Waals surface area (Å²) in [6.45, 7) is 0.0548. The Kier molecular flexibility index (Phi) is 7.01. The van der Waals surface area contributed by atoms with Crippen LogP contribution in [-0.2, 0) is 16.6 Å². The number of carbonyl (C=O) groups excluding carboxylic acids is 1. The zero-order valence-corrected chi connectivity index (χ0v) is 18.0. The second-order valence-electron chi connectivity index (χ2n) is 6.86. The molecule has 0 fully saturated rings. The number of carboxylic acids is 1. The second kappa shape index (κ2) is 9.88. The van der Waals surface area contributed by atoms with Gasteiger partial charge in [-0.15, -0.1) is 0 Å². The standard InChI is InChI=1S/C23H21N3O5S/c1-32(30,31)26(16-17-9-3-2-4-10-17)21-14-8-7-13-20(21)22(27)25-24-15-18-11-5-6-12-19(18)23(28)29/h2-15H,16H2,1H3,(H,25,27)(H,28,29)/b24-15+. The molecule has 0 unspecified atom stereocenters. The summed E-state index contributed by atoms with van der Waals surface area (Å²) in [7, 11) is -3.70. The summed E-state index contributed by atoms with van der Waals surface area (Å²) in [5.41, 5.74) is 3.77. The SMILES string of the molecule is CS(=O)(=O)N(Cc1ccccc1)c1ccccc1C(=O)N/N=C/c1ccccc1C(=O)O. The Balaban J connectivity index is 1.88. The van der Waals surface area contributed by atoms with Crippen LogP contribution < -0.4 is 9.73 Å². The predicted octanol–water partition coefficient (Wildman–Crippen LogP) is 3.11. The van der Waals surface area contributed by atoms with Crippen molar-refractivity contribution in [2.24, 2.45) is 5.10 Å². The number of carboxylic acid groups (broad SMARTS) is 1. The average molecular weight is 452 g/mol. The molecule has 8 nitrogen and oxygen atoms in total. The third kappa shape index (κ3) is 5.58. The van der Waals surface area contributed by atoms with E-state index < -0.39 is 21.9 Å². The van der Waals surface area contributed by atoms with Gasteiger partial charge in [-0.3, -0.25) is 9.10 Å². The molecule has 164 valence electrons. The van der Waals surface area contributed by atoms with Crippen LogP contribution in [0, 0.1) is 0 Å². The number of sulfonamides is 1. The Morgan fingerprint density at radius 2 is 1.53 bits per heavy atom. The van der Waals surface area contributed by atoms with Crippen LogP contribution >= 0.6 is 0 Å². The molecule has 9 heteroatoms. The van der Waals surface area contributed by atoms with Gasteiger partial charge in [0, 0.05) is 5.56 Å². The molecule has 0 saturated heterocycles. The molecule has 0 saturated carbocycles. The third-order valence-electron chi connectivity index (χ3n) is 4.55. The first-order valence-corrected chi connectivity index (χ1v) is 11.4. The summed E-state index contributed by atoms with van der Waals surface area (Å²) < 4.78 is 26.2. The fraction of sp³-hybridized carbons (Fsp3) is 0.0870. The first-order chi connectivity index (χ1) is 15.3. The van der Waals surface area contributed by atoms with Crippen LogP contribution in [0.4, 0.5) is 5.69 Å². The summed E-state index contributed by atoms with van der Waals surface area (Å²) in [5, 5.41) is 13.1. The van der Waals surface area contributed by atoms with Crippen LogP contribution in [0.1, 0.15) is 31.8 Å². The summed E-state index contributed by atoms with van der Waals surface area (Å²) in [5.74, 6) is -1.75. The fourth-order valence-corrected chi connectivity index (χ4v) is 3.94. The zero-order valence-electron chi connectivity index (χ0n) is 17.2. The van der Waals surface area contributed by atoms with Crippen LogP contribution in [0.25, 0.3) is 0 Å². The lowest BCUT2D eigenvalue weighted by atomic mass is 10.1. The van der Waals surface area contributed by atoms with E-state index >= 15 is 0 Å². The number of rotatable bonds is 8. The largest absolute Gasteiger partial charge is 0.478 e. The van der Waals surface area contributed by atoms with Crippen LogP contribution in [-0.4, -0.2) is 37.9 Å². The van der Waals surface area contributed by atoms with Crippen LogP contribution in [0.3, 0.4) is 0 Å². The van der Waals surface area contributed by atoms with Gasteiger partial charge < -0.3 is 5.11 Å². The van der Waals surface area contributed by atoms with Gasteiger partial charge in [0.05, 0.1) is 35.8 Å². The number of amides is 1. The van der Waals surface area contributed by atoms with Crippen molar-refractivity contribution in [3.63, 3.8) is 0 Å². The predicted molar refractivity (Wildman–Crippen MR) is 122 cm³/mol. The zero-order chi connectivity index (χ0) is 23.1. The van der Waals surface area contributed by atoms with E-state index in [4.69, 9.17) is 0 Å². The number of nitrogens with zero attached hydrogens (tertiary/aromatic N) is 2. The molecule has 3 aromatic rings. The van der Waals surface area contributed by atoms with Gasteiger partial charge in [0.2, 0.25) is 10.0 Å². The van der Waals surface area contributed by atoms with Gasteiger partial charge >= 0.3 is 5.97 Å². The van der Waals surface area contributed by atoms with Crippen molar-refractivity contribution < 1.29 is 23.1 Å². The van der Waals surface area contributed by atoms with E-state index in [1.54, 1.807) is 60.7 Å². The van der Waals surface area contributed by atoms with Crippen molar-refractivity contribution in [3.05, 3.63) is 101 Å². The Hall–Kier alpha value is -3.98. The first-order valence-electron chi connectivity index (χ1n) is 9.54. The lowest BCUT2D eigenvalue weighted by Crippen LogP contribution is -2.32. The lowest BCUT2D eigenvalue weighted by molar-refractivity contribution is 0.0696. The highest BCUT2D eigenvalue weighted by Crippen LogP contribution is 2.25. The monoisotopic (exact) mass is 451 g/mol. The number of benzene rings is 3. The van der Waals surface area contributed by atoms with E-state index in [0.29, 0.717) is 5.56 Å². The maximum Gasteiger partial charge on any atom is 0.336 e. The second-order valence-corrected chi connectivity index (χ2v) is 8.77. The molecule has 0 aliphatic carbocycles. The van der Waals surface area contributed by atoms with E-state index in [2.05, 4.69) is 10.5 Å². The normalized spacial score (nSPS) is 11.3. The summed E-state index contributed by atoms with van der Waals surface area (Å²) in [6, 6.07) is 21.5. The minimum Gasteiger partial charge on any atom is -0.478 e. The van der Waals surface area contributed by atoms with Gasteiger partial charge in [0.25, 0.3) is 5.91 Å². The van der Waals surface area contributed by atoms with Gasteiger partial charge in [-0.1, -0.05) is 60.7 Å². The summed E-state index contributed by atoms with van der Waals surface area (Å²) in [4.78, 5) is 24.1. The minimum atomic E-state index is -3.70. The van der Waals surface area contributed by atoms with Crippen LogP contribution in [0.15, 0.2) is 84.0 Å². The maximum absolute atomic E-state index is 12.8. The minimum absolute atomic E-state index is 0.0389. The Morgan fingerprint density at radius 1 is 0.938 bits per heavy atom. The summed E-state index contributed by atoms with van der Waals surface area (Å²) in [6.07, 6.45) is 2.30. The number of hydrazone groups is 1. The molecule has 0 aliphatic rings. The Morgan fingerprint density at radius 3 is 2.19 bits per heavy atom. The van der Waals surface area contributed by atoms with Gasteiger partial charge in [-0.25, -0.2) is 18.6 Å².